The van der Waals surface area contributed by atoms with E-state index < -0.39 is 5.97 Å². The number of fused-ring (bicyclic) bond motifs is 1. The maximum absolute atomic E-state index is 10.0. The third kappa shape index (κ3) is 4.47. The highest BCUT2D eigenvalue weighted by Crippen LogP contribution is 2.14. The van der Waals surface area contributed by atoms with Crippen molar-refractivity contribution in [3.05, 3.63) is 59.3 Å². The number of nitrogens with two attached hydrogens (primary N) is 1. The summed E-state index contributed by atoms with van der Waals surface area (Å²) in [5.41, 5.74) is 7.03. The molecule has 0 bridgehead atoms. The van der Waals surface area contributed by atoms with Gasteiger partial charge in [0.05, 0.1) is 5.57 Å². The molecule has 0 fully saturated rings. The zero-order valence-corrected chi connectivity index (χ0v) is 11.5. The lowest BCUT2D eigenvalue weighted by atomic mass is 10.1. The van der Waals surface area contributed by atoms with Gasteiger partial charge in [0.2, 0.25) is 0 Å². The summed E-state index contributed by atoms with van der Waals surface area (Å²) in [7, 11) is 0. The summed E-state index contributed by atoms with van der Waals surface area (Å²) in [6.07, 6.45) is 0. The largest absolute Gasteiger partial charge is 0.478 e. The summed E-state index contributed by atoms with van der Waals surface area (Å²) in [4.78, 5) is 10.0. The predicted octanol–water partition coefficient (Wildman–Crippen LogP) is 3.47. The number of aliphatic carboxylic acids is 1. The van der Waals surface area contributed by atoms with E-state index in [4.69, 9.17) is 10.8 Å². The monoisotopic (exact) mass is 257 g/mol. The molecule has 0 amide bonds. The maximum Gasteiger partial charge on any atom is 0.333 e. The Bertz CT molecular complexity index is 611. The van der Waals surface area contributed by atoms with Gasteiger partial charge >= 0.3 is 5.97 Å². The molecule has 0 atom stereocenters. The molecule has 3 heteroatoms. The molecule has 0 unspecified atom stereocenters. The molecule has 0 aromatic heterocycles. The molecule has 3 nitrogen and oxygen atoms in total. The zero-order valence-electron chi connectivity index (χ0n) is 11.5. The first-order valence-corrected chi connectivity index (χ1v) is 6.03. The number of rotatable bonds is 1. The van der Waals surface area contributed by atoms with Gasteiger partial charge in [-0.15, -0.1) is 0 Å². The Morgan fingerprint density at radius 1 is 1.05 bits per heavy atom. The van der Waals surface area contributed by atoms with Crippen molar-refractivity contribution in [2.45, 2.75) is 20.8 Å². The zero-order chi connectivity index (χ0) is 14.4. The molecule has 0 radical (unpaired) electrons. The second kappa shape index (κ2) is 6.59. The van der Waals surface area contributed by atoms with Crippen LogP contribution in [0.2, 0.25) is 0 Å². The van der Waals surface area contributed by atoms with Crippen LogP contribution in [0.25, 0.3) is 10.8 Å². The van der Waals surface area contributed by atoms with Crippen LogP contribution in [0.15, 0.2) is 53.7 Å². The van der Waals surface area contributed by atoms with E-state index in [1.54, 1.807) is 6.92 Å². The van der Waals surface area contributed by atoms with Gasteiger partial charge in [0.15, 0.2) is 0 Å². The molecule has 19 heavy (non-hydrogen) atoms. The van der Waals surface area contributed by atoms with Crippen LogP contribution in [0.3, 0.4) is 0 Å². The highest BCUT2D eigenvalue weighted by molar-refractivity contribution is 5.86. The Labute approximate surface area is 113 Å². The van der Waals surface area contributed by atoms with E-state index in [1.165, 1.54) is 23.3 Å². The Morgan fingerprint density at radius 3 is 2.11 bits per heavy atom. The van der Waals surface area contributed by atoms with Crippen LogP contribution in [0.5, 0.6) is 0 Å². The molecule has 0 saturated heterocycles. The van der Waals surface area contributed by atoms with Gasteiger partial charge in [0, 0.05) is 5.70 Å². The van der Waals surface area contributed by atoms with Gasteiger partial charge in [-0.2, -0.15) is 0 Å². The highest BCUT2D eigenvalue weighted by atomic mass is 16.4. The molecule has 2 rings (SSSR count). The molecule has 0 spiro atoms. The van der Waals surface area contributed by atoms with Crippen molar-refractivity contribution in [1.29, 1.82) is 0 Å². The summed E-state index contributed by atoms with van der Waals surface area (Å²) in [5, 5.41) is 10.9. The lowest BCUT2D eigenvalue weighted by molar-refractivity contribution is -0.132. The van der Waals surface area contributed by atoms with Crippen molar-refractivity contribution in [2.24, 2.45) is 5.73 Å². The first-order chi connectivity index (χ1) is 8.91. The summed E-state index contributed by atoms with van der Waals surface area (Å²) in [5.74, 6) is -0.954. The smallest absolute Gasteiger partial charge is 0.333 e. The minimum Gasteiger partial charge on any atom is -0.478 e. The van der Waals surface area contributed by atoms with Crippen molar-refractivity contribution < 1.29 is 9.90 Å². The fraction of sp³-hybridized carbons (Fsp3) is 0.188. The Balaban J connectivity index is 0.000000203. The van der Waals surface area contributed by atoms with E-state index in [9.17, 15) is 4.79 Å². The van der Waals surface area contributed by atoms with E-state index in [-0.39, 0.29) is 5.57 Å². The van der Waals surface area contributed by atoms with Crippen molar-refractivity contribution in [2.75, 3.05) is 0 Å². The van der Waals surface area contributed by atoms with Crippen molar-refractivity contribution >= 4 is 16.7 Å². The van der Waals surface area contributed by atoms with Crippen molar-refractivity contribution in [3.8, 4) is 0 Å². The van der Waals surface area contributed by atoms with Crippen LogP contribution >= 0.6 is 0 Å². The first kappa shape index (κ1) is 14.8. The van der Waals surface area contributed by atoms with Crippen molar-refractivity contribution in [1.82, 2.24) is 0 Å². The lowest BCUT2D eigenvalue weighted by Crippen LogP contribution is -2.04. The Hall–Kier alpha value is -2.29. The van der Waals surface area contributed by atoms with Crippen LogP contribution in [-0.4, -0.2) is 11.1 Å². The normalized spacial score (nSPS) is 11.3. The van der Waals surface area contributed by atoms with E-state index in [2.05, 4.69) is 49.4 Å². The first-order valence-electron chi connectivity index (χ1n) is 6.03. The summed E-state index contributed by atoms with van der Waals surface area (Å²) >= 11 is 0. The average Bonchev–Trinajstić information content (AvgIpc) is 2.38. The fourth-order valence-electron chi connectivity index (χ4n) is 1.48. The van der Waals surface area contributed by atoms with Gasteiger partial charge in [0.1, 0.15) is 0 Å². The van der Waals surface area contributed by atoms with Gasteiger partial charge in [-0.3, -0.25) is 0 Å². The molecule has 100 valence electrons. The Kier molecular flexibility index (Phi) is 5.12. The fourth-order valence-corrected chi connectivity index (χ4v) is 1.48. The molecule has 2 aromatic rings. The standard InChI is InChI=1S/C11H10.C5H9NO2/c1-9-6-7-10-4-2-3-5-11(10)8-9;1-3(4(2)6)5(7)8/h2-8H,1H3;6H2,1-2H3,(H,7,8). The van der Waals surface area contributed by atoms with Gasteiger partial charge in [-0.05, 0) is 31.5 Å². The van der Waals surface area contributed by atoms with E-state index in [0.29, 0.717) is 5.70 Å². The molecule has 0 heterocycles. The number of benzene rings is 2. The van der Waals surface area contributed by atoms with E-state index in [1.807, 2.05) is 0 Å². The van der Waals surface area contributed by atoms with Crippen LogP contribution in [0.4, 0.5) is 0 Å². The molecule has 0 aliphatic heterocycles. The summed E-state index contributed by atoms with van der Waals surface area (Å²) in [6, 6.07) is 14.9. The van der Waals surface area contributed by atoms with Gasteiger partial charge in [-0.25, -0.2) is 4.79 Å². The minimum atomic E-state index is -0.954. The number of carboxylic acid groups (broad SMARTS) is 1. The second-order valence-corrected chi connectivity index (χ2v) is 4.46. The molecule has 3 N–H and O–H groups in total. The van der Waals surface area contributed by atoms with Crippen LogP contribution < -0.4 is 5.73 Å². The van der Waals surface area contributed by atoms with E-state index >= 15 is 0 Å². The molecule has 0 aliphatic carbocycles. The number of hydrogen-bond acceptors (Lipinski definition) is 2. The van der Waals surface area contributed by atoms with Crippen LogP contribution in [0, 0.1) is 6.92 Å². The molecular formula is C16H19NO2. The van der Waals surface area contributed by atoms with Gasteiger partial charge in [0.25, 0.3) is 0 Å². The average molecular weight is 257 g/mol. The van der Waals surface area contributed by atoms with Gasteiger partial charge < -0.3 is 10.8 Å². The quantitative estimate of drug-likeness (QED) is 0.769. The third-order valence-corrected chi connectivity index (χ3v) is 2.82. The van der Waals surface area contributed by atoms with Crippen molar-refractivity contribution in [3.63, 3.8) is 0 Å². The number of carboxylic acids is 1. The van der Waals surface area contributed by atoms with Crippen LogP contribution in [-0.2, 0) is 4.79 Å². The predicted molar refractivity (Wildman–Crippen MR) is 78.9 cm³/mol. The minimum absolute atomic E-state index is 0.213. The number of allylic oxidation sites excluding steroid dienone is 1. The summed E-state index contributed by atoms with van der Waals surface area (Å²) in [6.45, 7) is 5.15. The maximum atomic E-state index is 10.0. The number of aryl methyl sites for hydroxylation is 1. The molecular weight excluding hydrogens is 238 g/mol. The SMILES string of the molecule is CC(N)=C(C)C(=O)O.Cc1ccc2ccccc2c1. The Morgan fingerprint density at radius 2 is 1.63 bits per heavy atom. The molecule has 0 saturated carbocycles. The number of carbonyl (C=O) groups is 1. The third-order valence-electron chi connectivity index (χ3n) is 2.82. The van der Waals surface area contributed by atoms with Gasteiger partial charge in [-0.1, -0.05) is 48.0 Å². The molecule has 2 aromatic carbocycles. The number of hydrogen-bond donors (Lipinski definition) is 2. The van der Waals surface area contributed by atoms with E-state index in [0.717, 1.165) is 0 Å². The lowest BCUT2D eigenvalue weighted by Gasteiger charge is -1.96. The molecule has 0 aliphatic rings. The summed E-state index contributed by atoms with van der Waals surface area (Å²) < 4.78 is 0. The topological polar surface area (TPSA) is 63.3 Å². The second-order valence-electron chi connectivity index (χ2n) is 4.46. The van der Waals surface area contributed by atoms with Crippen LogP contribution in [0.1, 0.15) is 19.4 Å². The highest BCUT2D eigenvalue weighted by Gasteiger charge is 1.99.